The fourth-order valence-electron chi connectivity index (χ4n) is 2.69. The Morgan fingerprint density at radius 1 is 1.04 bits per heavy atom. The number of hydrogen-bond acceptors (Lipinski definition) is 3. The van der Waals surface area contributed by atoms with Crippen molar-refractivity contribution in [3.8, 4) is 5.75 Å². The molecule has 2 aromatic carbocycles. The molecule has 0 aliphatic rings. The molecule has 128 valence electrons. The van der Waals surface area contributed by atoms with E-state index in [2.05, 4.69) is 50.5 Å². The predicted molar refractivity (Wildman–Crippen MR) is 100 cm³/mol. The van der Waals surface area contributed by atoms with Gasteiger partial charge in [-0.05, 0) is 62.6 Å². The monoisotopic (exact) mass is 326 g/mol. The van der Waals surface area contributed by atoms with Gasteiger partial charge < -0.3 is 15.4 Å². The number of amides is 1. The fraction of sp³-hybridized carbons (Fsp3) is 0.350. The number of hydrogen-bond donors (Lipinski definition) is 2. The third-order valence-electron chi connectivity index (χ3n) is 3.71. The average molecular weight is 326 g/mol. The molecule has 0 atom stereocenters. The van der Waals surface area contributed by atoms with Crippen LogP contribution in [-0.2, 0) is 4.79 Å². The maximum Gasteiger partial charge on any atom is 0.243 e. The van der Waals surface area contributed by atoms with Crippen LogP contribution in [0.4, 0.5) is 11.4 Å². The van der Waals surface area contributed by atoms with Crippen molar-refractivity contribution in [2.75, 3.05) is 23.8 Å². The second-order valence-corrected chi connectivity index (χ2v) is 6.05. The molecule has 0 aliphatic carbocycles. The molecule has 0 fully saturated rings. The Bertz CT molecular complexity index is 670. The van der Waals surface area contributed by atoms with Gasteiger partial charge in [0.1, 0.15) is 5.75 Å². The van der Waals surface area contributed by atoms with Gasteiger partial charge in [0.2, 0.25) is 5.91 Å². The van der Waals surface area contributed by atoms with E-state index in [-0.39, 0.29) is 12.5 Å². The molecule has 1 amide bonds. The van der Waals surface area contributed by atoms with E-state index in [1.807, 2.05) is 24.3 Å². The fourth-order valence-corrected chi connectivity index (χ4v) is 2.69. The molecule has 0 bridgehead atoms. The van der Waals surface area contributed by atoms with E-state index in [9.17, 15) is 4.79 Å². The molecule has 0 radical (unpaired) electrons. The Morgan fingerprint density at radius 2 is 1.67 bits per heavy atom. The van der Waals surface area contributed by atoms with Crippen molar-refractivity contribution >= 4 is 17.3 Å². The van der Waals surface area contributed by atoms with Crippen molar-refractivity contribution in [1.29, 1.82) is 0 Å². The van der Waals surface area contributed by atoms with Gasteiger partial charge in [-0.15, -0.1) is 0 Å². The van der Waals surface area contributed by atoms with Crippen molar-refractivity contribution in [2.24, 2.45) is 0 Å². The number of benzene rings is 2. The molecule has 0 spiro atoms. The van der Waals surface area contributed by atoms with Crippen LogP contribution in [0.3, 0.4) is 0 Å². The molecule has 24 heavy (non-hydrogen) atoms. The van der Waals surface area contributed by atoms with Crippen molar-refractivity contribution in [2.45, 2.75) is 34.1 Å². The summed E-state index contributed by atoms with van der Waals surface area (Å²) in [5.74, 6) is 0.746. The molecule has 0 aliphatic heterocycles. The molecule has 4 nitrogen and oxygen atoms in total. The van der Waals surface area contributed by atoms with Crippen molar-refractivity contribution in [1.82, 2.24) is 0 Å². The van der Waals surface area contributed by atoms with Crippen LogP contribution in [0.25, 0.3) is 0 Å². The highest BCUT2D eigenvalue weighted by molar-refractivity contribution is 5.94. The van der Waals surface area contributed by atoms with Gasteiger partial charge in [-0.2, -0.15) is 0 Å². The van der Waals surface area contributed by atoms with Crippen LogP contribution >= 0.6 is 0 Å². The van der Waals surface area contributed by atoms with Crippen LogP contribution in [0, 0.1) is 20.8 Å². The lowest BCUT2D eigenvalue weighted by Crippen LogP contribution is -2.22. The highest BCUT2D eigenvalue weighted by Crippen LogP contribution is 2.21. The van der Waals surface area contributed by atoms with Crippen LogP contribution in [-0.4, -0.2) is 19.1 Å². The summed E-state index contributed by atoms with van der Waals surface area (Å²) >= 11 is 0. The maximum atomic E-state index is 12.1. The first-order valence-corrected chi connectivity index (χ1v) is 8.34. The van der Waals surface area contributed by atoms with Gasteiger partial charge in [-0.3, -0.25) is 4.79 Å². The van der Waals surface area contributed by atoms with Crippen LogP contribution in [0.15, 0.2) is 36.4 Å². The average Bonchev–Trinajstić information content (AvgIpc) is 2.53. The van der Waals surface area contributed by atoms with Gasteiger partial charge in [-0.25, -0.2) is 0 Å². The van der Waals surface area contributed by atoms with Gasteiger partial charge in [0.15, 0.2) is 0 Å². The molecule has 2 rings (SSSR count). The summed E-state index contributed by atoms with van der Waals surface area (Å²) in [6.45, 7) is 9.18. The Hall–Kier alpha value is -2.49. The highest BCUT2D eigenvalue weighted by Gasteiger charge is 2.07. The molecular weight excluding hydrogens is 300 g/mol. The predicted octanol–water partition coefficient (Wildman–Crippen LogP) is 4.45. The van der Waals surface area contributed by atoms with Crippen LogP contribution in [0.2, 0.25) is 0 Å². The number of carbonyl (C=O) groups excluding carboxylic acids is 1. The zero-order valence-corrected chi connectivity index (χ0v) is 14.9. The lowest BCUT2D eigenvalue weighted by molar-refractivity contribution is -0.114. The van der Waals surface area contributed by atoms with Crippen LogP contribution < -0.4 is 15.4 Å². The standard InChI is InChI=1S/C20H26N2O2/c1-5-10-24-18-8-6-17(7-9-18)22-19(23)13-21-20-15(3)11-14(2)12-16(20)4/h6-9,11-12,21H,5,10,13H2,1-4H3,(H,22,23). The smallest absolute Gasteiger partial charge is 0.243 e. The van der Waals surface area contributed by atoms with Crippen molar-refractivity contribution in [3.05, 3.63) is 53.1 Å². The lowest BCUT2D eigenvalue weighted by atomic mass is 10.1. The van der Waals surface area contributed by atoms with Gasteiger partial charge in [0.25, 0.3) is 0 Å². The first-order chi connectivity index (χ1) is 11.5. The van der Waals surface area contributed by atoms with E-state index in [1.54, 1.807) is 0 Å². The van der Waals surface area contributed by atoms with E-state index >= 15 is 0 Å². The molecule has 0 heterocycles. The van der Waals surface area contributed by atoms with E-state index in [4.69, 9.17) is 4.74 Å². The summed E-state index contributed by atoms with van der Waals surface area (Å²) in [5, 5.41) is 6.12. The zero-order valence-electron chi connectivity index (χ0n) is 14.9. The minimum Gasteiger partial charge on any atom is -0.494 e. The number of carbonyl (C=O) groups is 1. The van der Waals surface area contributed by atoms with Crippen LogP contribution in [0.1, 0.15) is 30.0 Å². The summed E-state index contributed by atoms with van der Waals surface area (Å²) in [7, 11) is 0. The molecule has 4 heteroatoms. The maximum absolute atomic E-state index is 12.1. The van der Waals surface area contributed by atoms with E-state index in [1.165, 1.54) is 5.56 Å². The third-order valence-corrected chi connectivity index (χ3v) is 3.71. The summed E-state index contributed by atoms with van der Waals surface area (Å²) < 4.78 is 5.53. The first kappa shape index (κ1) is 17.9. The van der Waals surface area contributed by atoms with Crippen molar-refractivity contribution in [3.63, 3.8) is 0 Å². The van der Waals surface area contributed by atoms with Gasteiger partial charge in [-0.1, -0.05) is 24.6 Å². The summed E-state index contributed by atoms with van der Waals surface area (Å²) in [6.07, 6.45) is 0.974. The number of rotatable bonds is 7. The normalized spacial score (nSPS) is 10.3. The largest absolute Gasteiger partial charge is 0.494 e. The van der Waals surface area contributed by atoms with E-state index in [0.717, 1.165) is 34.7 Å². The second-order valence-electron chi connectivity index (χ2n) is 6.05. The Labute approximate surface area is 144 Å². The Kier molecular flexibility index (Phi) is 6.24. The van der Waals surface area contributed by atoms with Gasteiger partial charge in [0.05, 0.1) is 13.2 Å². The SMILES string of the molecule is CCCOc1ccc(NC(=O)CNc2c(C)cc(C)cc2C)cc1. The number of anilines is 2. The summed E-state index contributed by atoms with van der Waals surface area (Å²) in [4.78, 5) is 12.1. The number of ether oxygens (including phenoxy) is 1. The van der Waals surface area contributed by atoms with Crippen LogP contribution in [0.5, 0.6) is 5.75 Å². The molecular formula is C20H26N2O2. The molecule has 0 saturated heterocycles. The molecule has 0 aromatic heterocycles. The Morgan fingerprint density at radius 3 is 2.25 bits per heavy atom. The topological polar surface area (TPSA) is 50.4 Å². The summed E-state index contributed by atoms with van der Waals surface area (Å²) in [6, 6.07) is 11.7. The number of nitrogens with one attached hydrogen (secondary N) is 2. The first-order valence-electron chi connectivity index (χ1n) is 8.34. The molecule has 0 unspecified atom stereocenters. The minimum atomic E-state index is -0.0726. The van der Waals surface area contributed by atoms with Crippen molar-refractivity contribution < 1.29 is 9.53 Å². The summed E-state index contributed by atoms with van der Waals surface area (Å²) in [5.41, 5.74) is 5.32. The lowest BCUT2D eigenvalue weighted by Gasteiger charge is -2.14. The third kappa shape index (κ3) is 5.01. The number of aryl methyl sites for hydroxylation is 3. The second kappa shape index (κ2) is 8.39. The highest BCUT2D eigenvalue weighted by atomic mass is 16.5. The molecule has 2 N–H and O–H groups in total. The Balaban J connectivity index is 1.89. The van der Waals surface area contributed by atoms with Gasteiger partial charge in [0, 0.05) is 11.4 Å². The molecule has 0 saturated carbocycles. The zero-order chi connectivity index (χ0) is 17.5. The minimum absolute atomic E-state index is 0.0726. The van der Waals surface area contributed by atoms with E-state index < -0.39 is 0 Å². The molecule has 2 aromatic rings. The van der Waals surface area contributed by atoms with Gasteiger partial charge >= 0.3 is 0 Å². The van der Waals surface area contributed by atoms with E-state index in [0.29, 0.717) is 6.61 Å². The quantitative estimate of drug-likeness (QED) is 0.790.